The maximum atomic E-state index is 12.7. The van der Waals surface area contributed by atoms with Crippen molar-refractivity contribution in [2.24, 2.45) is 5.73 Å². The van der Waals surface area contributed by atoms with E-state index in [1.165, 1.54) is 22.5 Å². The van der Waals surface area contributed by atoms with Gasteiger partial charge in [0.25, 0.3) is 0 Å². The number of sulfone groups is 1. The lowest BCUT2D eigenvalue weighted by Gasteiger charge is -2.30. The Morgan fingerprint density at radius 1 is 1.23 bits per heavy atom. The standard InChI is InChI=1S/C13H20N2O4S2.ClH/c1-10-5-6-12(20(2,16)17)8-13(10)21(18,19)15-7-3-4-11(14)9-15;/h5-6,8,11H,3-4,7,9,14H2,1-2H3;1H. The molecule has 0 bridgehead atoms. The van der Waals surface area contributed by atoms with Gasteiger partial charge in [-0.15, -0.1) is 12.4 Å². The summed E-state index contributed by atoms with van der Waals surface area (Å²) in [6.07, 6.45) is 2.57. The minimum absolute atomic E-state index is 0. The molecule has 1 unspecified atom stereocenters. The zero-order chi connectivity index (χ0) is 15.8. The summed E-state index contributed by atoms with van der Waals surface area (Å²) in [5.41, 5.74) is 6.36. The number of rotatable bonds is 3. The molecule has 1 saturated heterocycles. The van der Waals surface area contributed by atoms with Crippen LogP contribution in [-0.4, -0.2) is 46.5 Å². The van der Waals surface area contributed by atoms with E-state index in [9.17, 15) is 16.8 Å². The molecule has 1 aromatic carbocycles. The average molecular weight is 369 g/mol. The predicted octanol–water partition coefficient (Wildman–Crippen LogP) is 0.932. The van der Waals surface area contributed by atoms with Crippen molar-refractivity contribution in [3.63, 3.8) is 0 Å². The van der Waals surface area contributed by atoms with Gasteiger partial charge in [-0.25, -0.2) is 16.8 Å². The molecular weight excluding hydrogens is 348 g/mol. The summed E-state index contributed by atoms with van der Waals surface area (Å²) in [6, 6.07) is 4.01. The van der Waals surface area contributed by atoms with Gasteiger partial charge in [0.15, 0.2) is 9.84 Å². The third kappa shape index (κ3) is 3.99. The molecule has 9 heteroatoms. The summed E-state index contributed by atoms with van der Waals surface area (Å²) in [6.45, 7) is 2.34. The van der Waals surface area contributed by atoms with E-state index in [0.717, 1.165) is 12.7 Å². The Bertz CT molecular complexity index is 747. The van der Waals surface area contributed by atoms with Gasteiger partial charge in [0.05, 0.1) is 9.79 Å². The van der Waals surface area contributed by atoms with E-state index in [1.807, 2.05) is 0 Å². The minimum Gasteiger partial charge on any atom is -0.327 e. The molecule has 0 amide bonds. The van der Waals surface area contributed by atoms with Crippen molar-refractivity contribution in [2.45, 2.75) is 35.6 Å². The van der Waals surface area contributed by atoms with Crippen molar-refractivity contribution in [3.8, 4) is 0 Å². The lowest BCUT2D eigenvalue weighted by atomic mass is 10.1. The monoisotopic (exact) mass is 368 g/mol. The lowest BCUT2D eigenvalue weighted by molar-refractivity contribution is 0.316. The number of benzene rings is 1. The second-order valence-electron chi connectivity index (χ2n) is 5.46. The number of aryl methyl sites for hydroxylation is 1. The number of halogens is 1. The number of hydrogen-bond acceptors (Lipinski definition) is 5. The van der Waals surface area contributed by atoms with Crippen LogP contribution in [0.2, 0.25) is 0 Å². The molecular formula is C13H21ClN2O4S2. The Morgan fingerprint density at radius 3 is 2.41 bits per heavy atom. The molecule has 1 fully saturated rings. The quantitative estimate of drug-likeness (QED) is 0.855. The van der Waals surface area contributed by atoms with Gasteiger partial charge in [-0.3, -0.25) is 0 Å². The van der Waals surface area contributed by atoms with Crippen LogP contribution in [0.5, 0.6) is 0 Å². The molecule has 126 valence electrons. The summed E-state index contributed by atoms with van der Waals surface area (Å²) >= 11 is 0. The number of sulfonamides is 1. The first kappa shape index (κ1) is 19.4. The van der Waals surface area contributed by atoms with Gasteiger partial charge in [0.2, 0.25) is 10.0 Å². The van der Waals surface area contributed by atoms with E-state index in [4.69, 9.17) is 5.73 Å². The highest BCUT2D eigenvalue weighted by atomic mass is 35.5. The summed E-state index contributed by atoms with van der Waals surface area (Å²) in [4.78, 5) is 0.0486. The summed E-state index contributed by atoms with van der Waals surface area (Å²) in [5, 5.41) is 0. The van der Waals surface area contributed by atoms with Gasteiger partial charge < -0.3 is 5.73 Å². The third-order valence-electron chi connectivity index (χ3n) is 3.63. The van der Waals surface area contributed by atoms with E-state index in [-0.39, 0.29) is 34.8 Å². The van der Waals surface area contributed by atoms with E-state index in [0.29, 0.717) is 18.5 Å². The molecule has 2 rings (SSSR count). The second-order valence-corrected chi connectivity index (χ2v) is 9.39. The molecule has 1 atom stereocenters. The number of hydrogen-bond donors (Lipinski definition) is 1. The Hall–Kier alpha value is -0.670. The molecule has 1 aliphatic heterocycles. The van der Waals surface area contributed by atoms with Crippen molar-refractivity contribution in [1.82, 2.24) is 4.31 Å². The third-order valence-corrected chi connectivity index (χ3v) is 6.74. The van der Waals surface area contributed by atoms with Crippen LogP contribution in [0.15, 0.2) is 28.0 Å². The Balaban J connectivity index is 0.00000242. The summed E-state index contributed by atoms with van der Waals surface area (Å²) in [7, 11) is -7.17. The molecule has 0 radical (unpaired) electrons. The lowest BCUT2D eigenvalue weighted by Crippen LogP contribution is -2.45. The molecule has 0 saturated carbocycles. The van der Waals surface area contributed by atoms with Gasteiger partial charge in [0, 0.05) is 25.4 Å². The first-order valence-electron chi connectivity index (χ1n) is 6.69. The second kappa shape index (κ2) is 6.84. The topological polar surface area (TPSA) is 97.5 Å². The fourth-order valence-corrected chi connectivity index (χ4v) is 4.93. The highest BCUT2D eigenvalue weighted by Crippen LogP contribution is 2.25. The van der Waals surface area contributed by atoms with Crippen molar-refractivity contribution in [3.05, 3.63) is 23.8 Å². The molecule has 2 N–H and O–H groups in total. The van der Waals surface area contributed by atoms with Crippen molar-refractivity contribution in [2.75, 3.05) is 19.3 Å². The number of nitrogens with zero attached hydrogens (tertiary/aromatic N) is 1. The first-order valence-corrected chi connectivity index (χ1v) is 10.0. The van der Waals surface area contributed by atoms with E-state index < -0.39 is 19.9 Å². The zero-order valence-corrected chi connectivity index (χ0v) is 15.0. The van der Waals surface area contributed by atoms with E-state index in [1.54, 1.807) is 6.92 Å². The number of piperidine rings is 1. The van der Waals surface area contributed by atoms with Crippen LogP contribution in [0.3, 0.4) is 0 Å². The first-order chi connectivity index (χ1) is 9.62. The van der Waals surface area contributed by atoms with Crippen molar-refractivity contribution in [1.29, 1.82) is 0 Å². The molecule has 1 aliphatic rings. The smallest absolute Gasteiger partial charge is 0.243 e. The van der Waals surface area contributed by atoms with Crippen LogP contribution in [0.25, 0.3) is 0 Å². The largest absolute Gasteiger partial charge is 0.327 e. The molecule has 0 spiro atoms. The van der Waals surface area contributed by atoms with Gasteiger partial charge in [-0.1, -0.05) is 6.07 Å². The van der Waals surface area contributed by atoms with Gasteiger partial charge in [-0.05, 0) is 37.5 Å². The fraction of sp³-hybridized carbons (Fsp3) is 0.538. The molecule has 1 aromatic rings. The zero-order valence-electron chi connectivity index (χ0n) is 12.5. The van der Waals surface area contributed by atoms with E-state index >= 15 is 0 Å². The normalized spacial score (nSPS) is 20.4. The molecule has 6 nitrogen and oxygen atoms in total. The van der Waals surface area contributed by atoms with Crippen LogP contribution < -0.4 is 5.73 Å². The van der Waals surface area contributed by atoms with Crippen LogP contribution >= 0.6 is 12.4 Å². The molecule has 0 aromatic heterocycles. The highest BCUT2D eigenvalue weighted by Gasteiger charge is 2.30. The minimum atomic E-state index is -3.72. The average Bonchev–Trinajstić information content (AvgIpc) is 2.37. The SMILES string of the molecule is Cc1ccc(S(C)(=O)=O)cc1S(=O)(=O)N1CCCC(N)C1.Cl. The van der Waals surface area contributed by atoms with Crippen LogP contribution in [-0.2, 0) is 19.9 Å². The van der Waals surface area contributed by atoms with Crippen molar-refractivity contribution >= 4 is 32.3 Å². The highest BCUT2D eigenvalue weighted by molar-refractivity contribution is 7.91. The molecule has 0 aliphatic carbocycles. The van der Waals surface area contributed by atoms with Crippen LogP contribution in [0.1, 0.15) is 18.4 Å². The van der Waals surface area contributed by atoms with Gasteiger partial charge in [-0.2, -0.15) is 4.31 Å². The van der Waals surface area contributed by atoms with Gasteiger partial charge >= 0.3 is 0 Å². The maximum absolute atomic E-state index is 12.7. The maximum Gasteiger partial charge on any atom is 0.243 e. The van der Waals surface area contributed by atoms with Gasteiger partial charge in [0.1, 0.15) is 0 Å². The van der Waals surface area contributed by atoms with Crippen molar-refractivity contribution < 1.29 is 16.8 Å². The Morgan fingerprint density at radius 2 is 1.86 bits per heavy atom. The molecule has 1 heterocycles. The van der Waals surface area contributed by atoms with Crippen LogP contribution in [0.4, 0.5) is 0 Å². The Labute approximate surface area is 138 Å². The van der Waals surface area contributed by atoms with E-state index in [2.05, 4.69) is 0 Å². The summed E-state index contributed by atoms with van der Waals surface area (Å²) in [5.74, 6) is 0. The predicted molar refractivity (Wildman–Crippen MR) is 87.5 cm³/mol. The molecule has 22 heavy (non-hydrogen) atoms. The Kier molecular flexibility index (Phi) is 6.02. The fourth-order valence-electron chi connectivity index (χ4n) is 2.42. The van der Waals surface area contributed by atoms with Crippen LogP contribution in [0, 0.1) is 6.92 Å². The summed E-state index contributed by atoms with van der Waals surface area (Å²) < 4.78 is 50.0. The number of nitrogens with two attached hydrogens (primary N) is 1.